The Kier molecular flexibility index (Phi) is 4.86. The molecule has 2 aliphatic rings. The number of nitrogens with zero attached hydrogens (tertiary/aromatic N) is 1. The third-order valence-electron chi connectivity index (χ3n) is 3.71. The molecule has 0 radical (unpaired) electrons. The minimum Gasteiger partial charge on any atom is -0.395 e. The standard InChI is InChI=1S/C12H21ClN4O/c13-12(11(15)8-14)16-9-1-2-10(7-9)17-3-5-18-6-4-17/h8-10,14,16H,1-7,15H2/b12-11+,14-8?. The molecule has 0 bridgehead atoms. The fourth-order valence-electron chi connectivity index (χ4n) is 2.69. The lowest BCUT2D eigenvalue weighted by molar-refractivity contribution is 0.0176. The molecule has 2 fully saturated rings. The predicted molar refractivity (Wildman–Crippen MR) is 72.8 cm³/mol. The summed E-state index contributed by atoms with van der Waals surface area (Å²) in [5.41, 5.74) is 5.88. The highest BCUT2D eigenvalue weighted by Gasteiger charge is 2.30. The quantitative estimate of drug-likeness (QED) is 0.524. The van der Waals surface area contributed by atoms with Gasteiger partial charge in [0.2, 0.25) is 0 Å². The van der Waals surface area contributed by atoms with Crippen LogP contribution in [-0.2, 0) is 4.74 Å². The van der Waals surface area contributed by atoms with Crippen LogP contribution < -0.4 is 11.1 Å². The number of hydrogen-bond acceptors (Lipinski definition) is 5. The van der Waals surface area contributed by atoms with Gasteiger partial charge < -0.3 is 21.2 Å². The smallest absolute Gasteiger partial charge is 0.127 e. The van der Waals surface area contributed by atoms with Gasteiger partial charge in [0, 0.05) is 31.4 Å². The van der Waals surface area contributed by atoms with Crippen LogP contribution in [0.2, 0.25) is 0 Å². The monoisotopic (exact) mass is 272 g/mol. The molecule has 1 aliphatic heterocycles. The molecule has 0 aromatic rings. The van der Waals surface area contributed by atoms with Gasteiger partial charge in [-0.15, -0.1) is 0 Å². The van der Waals surface area contributed by atoms with E-state index in [2.05, 4.69) is 10.2 Å². The molecule has 102 valence electrons. The van der Waals surface area contributed by atoms with Crippen LogP contribution in [-0.4, -0.2) is 49.5 Å². The number of halogens is 1. The Bertz CT molecular complexity index is 328. The molecule has 2 atom stereocenters. The van der Waals surface area contributed by atoms with Gasteiger partial charge in [-0.2, -0.15) is 0 Å². The Hall–Kier alpha value is -0.780. The van der Waals surface area contributed by atoms with Crippen molar-refractivity contribution in [3.63, 3.8) is 0 Å². The van der Waals surface area contributed by atoms with E-state index in [1.807, 2.05) is 0 Å². The lowest BCUT2D eigenvalue weighted by Crippen LogP contribution is -2.43. The Morgan fingerprint density at radius 3 is 2.78 bits per heavy atom. The first-order valence-electron chi connectivity index (χ1n) is 6.44. The Morgan fingerprint density at radius 2 is 2.11 bits per heavy atom. The first kappa shape index (κ1) is 13.6. The average Bonchev–Trinajstić information content (AvgIpc) is 2.87. The van der Waals surface area contributed by atoms with Crippen LogP contribution in [0.3, 0.4) is 0 Å². The van der Waals surface area contributed by atoms with E-state index in [9.17, 15) is 0 Å². The van der Waals surface area contributed by atoms with Crippen molar-refractivity contribution in [3.05, 3.63) is 10.9 Å². The van der Waals surface area contributed by atoms with Gasteiger partial charge in [0.25, 0.3) is 0 Å². The summed E-state index contributed by atoms with van der Waals surface area (Å²) in [4.78, 5) is 2.50. The highest BCUT2D eigenvalue weighted by Crippen LogP contribution is 2.26. The molecule has 4 N–H and O–H groups in total. The van der Waals surface area contributed by atoms with Gasteiger partial charge in [-0.1, -0.05) is 11.6 Å². The molecule has 1 heterocycles. The predicted octanol–water partition coefficient (Wildman–Crippen LogP) is 0.845. The molecule has 1 aliphatic carbocycles. The van der Waals surface area contributed by atoms with Crippen molar-refractivity contribution in [2.24, 2.45) is 5.73 Å². The normalized spacial score (nSPS) is 30.9. The summed E-state index contributed by atoms with van der Waals surface area (Å²) in [5.74, 6) is 0. The zero-order valence-electron chi connectivity index (χ0n) is 10.5. The van der Waals surface area contributed by atoms with E-state index in [4.69, 9.17) is 27.5 Å². The SMILES string of the molecule is N=C/C(N)=C(/Cl)NC1CCC(N2CCOCC2)C1. The molecule has 2 unspecified atom stereocenters. The van der Waals surface area contributed by atoms with Crippen LogP contribution in [0.5, 0.6) is 0 Å². The van der Waals surface area contributed by atoms with Crippen molar-refractivity contribution in [2.75, 3.05) is 26.3 Å². The Labute approximate surface area is 113 Å². The number of allylic oxidation sites excluding steroid dienone is 1. The molecule has 0 aromatic carbocycles. The van der Waals surface area contributed by atoms with Crippen LogP contribution in [0, 0.1) is 5.41 Å². The van der Waals surface area contributed by atoms with Gasteiger partial charge in [-0.05, 0) is 19.3 Å². The van der Waals surface area contributed by atoms with Crippen molar-refractivity contribution < 1.29 is 4.74 Å². The molecule has 1 saturated heterocycles. The van der Waals surface area contributed by atoms with Crippen LogP contribution in [0.15, 0.2) is 10.9 Å². The highest BCUT2D eigenvalue weighted by molar-refractivity contribution is 6.30. The van der Waals surface area contributed by atoms with Crippen LogP contribution in [0.25, 0.3) is 0 Å². The minimum absolute atomic E-state index is 0.298. The number of nitrogens with two attached hydrogens (primary N) is 1. The number of morpholine rings is 1. The van der Waals surface area contributed by atoms with E-state index in [1.165, 1.54) is 6.42 Å². The fourth-order valence-corrected chi connectivity index (χ4v) is 2.90. The maximum atomic E-state index is 7.06. The zero-order chi connectivity index (χ0) is 13.0. The van der Waals surface area contributed by atoms with E-state index in [0.717, 1.165) is 45.4 Å². The van der Waals surface area contributed by atoms with Gasteiger partial charge >= 0.3 is 0 Å². The van der Waals surface area contributed by atoms with Crippen molar-refractivity contribution >= 4 is 17.8 Å². The summed E-state index contributed by atoms with van der Waals surface area (Å²) in [6.45, 7) is 3.75. The number of hydrogen-bond donors (Lipinski definition) is 3. The topological polar surface area (TPSA) is 74.4 Å². The van der Waals surface area contributed by atoms with Crippen LogP contribution in [0.1, 0.15) is 19.3 Å². The summed E-state index contributed by atoms with van der Waals surface area (Å²) in [6.07, 6.45) is 4.45. The maximum Gasteiger partial charge on any atom is 0.127 e. The van der Waals surface area contributed by atoms with Gasteiger partial charge in [0.05, 0.1) is 18.9 Å². The first-order valence-corrected chi connectivity index (χ1v) is 6.82. The van der Waals surface area contributed by atoms with Crippen molar-refractivity contribution in [1.82, 2.24) is 10.2 Å². The molecule has 5 nitrogen and oxygen atoms in total. The van der Waals surface area contributed by atoms with Crippen molar-refractivity contribution in [1.29, 1.82) is 5.41 Å². The molecule has 0 amide bonds. The molecule has 0 spiro atoms. The molecule has 2 rings (SSSR count). The van der Waals surface area contributed by atoms with Crippen molar-refractivity contribution in [2.45, 2.75) is 31.3 Å². The summed E-state index contributed by atoms with van der Waals surface area (Å²) in [6, 6.07) is 0.987. The lowest BCUT2D eigenvalue weighted by Gasteiger charge is -2.32. The third kappa shape index (κ3) is 3.37. The second kappa shape index (κ2) is 6.41. The largest absolute Gasteiger partial charge is 0.395 e. The van der Waals surface area contributed by atoms with Crippen LogP contribution in [0.4, 0.5) is 0 Å². The molecule has 0 aromatic heterocycles. The first-order chi connectivity index (χ1) is 8.70. The fraction of sp³-hybridized carbons (Fsp3) is 0.750. The Morgan fingerprint density at radius 1 is 1.39 bits per heavy atom. The number of ether oxygens (including phenoxy) is 1. The minimum atomic E-state index is 0.298. The van der Waals surface area contributed by atoms with E-state index < -0.39 is 0 Å². The molecule has 18 heavy (non-hydrogen) atoms. The summed E-state index contributed by atoms with van der Waals surface area (Å²) >= 11 is 6.00. The van der Waals surface area contributed by atoms with Gasteiger partial charge in [-0.3, -0.25) is 4.90 Å². The molecular weight excluding hydrogens is 252 g/mol. The number of nitrogens with one attached hydrogen (secondary N) is 2. The number of rotatable bonds is 4. The lowest BCUT2D eigenvalue weighted by atomic mass is 10.2. The van der Waals surface area contributed by atoms with Gasteiger partial charge in [0.1, 0.15) is 5.16 Å². The molecule has 1 saturated carbocycles. The van der Waals surface area contributed by atoms with E-state index in [-0.39, 0.29) is 0 Å². The van der Waals surface area contributed by atoms with E-state index in [1.54, 1.807) is 0 Å². The summed E-state index contributed by atoms with van der Waals surface area (Å²) < 4.78 is 5.37. The highest BCUT2D eigenvalue weighted by atomic mass is 35.5. The van der Waals surface area contributed by atoms with Crippen molar-refractivity contribution in [3.8, 4) is 0 Å². The maximum absolute atomic E-state index is 7.06. The van der Waals surface area contributed by atoms with Gasteiger partial charge in [0.15, 0.2) is 0 Å². The van der Waals surface area contributed by atoms with E-state index >= 15 is 0 Å². The Balaban J connectivity index is 1.82. The average molecular weight is 273 g/mol. The summed E-state index contributed by atoms with van der Waals surface area (Å²) in [5, 5.41) is 10.7. The van der Waals surface area contributed by atoms with E-state index in [0.29, 0.717) is 22.9 Å². The van der Waals surface area contributed by atoms with Crippen LogP contribution >= 0.6 is 11.6 Å². The molecular formula is C12H21ClN4O. The summed E-state index contributed by atoms with van der Waals surface area (Å²) in [7, 11) is 0. The second-order valence-electron chi connectivity index (χ2n) is 4.87. The zero-order valence-corrected chi connectivity index (χ0v) is 11.2. The van der Waals surface area contributed by atoms with Gasteiger partial charge in [-0.25, -0.2) is 0 Å². The molecule has 6 heteroatoms. The second-order valence-corrected chi connectivity index (χ2v) is 5.25. The third-order valence-corrected chi connectivity index (χ3v) is 4.03.